The Morgan fingerprint density at radius 2 is 0.512 bits per heavy atom. The first kappa shape index (κ1) is 35.0. The molecule has 0 bridgehead atoms. The van der Waals surface area contributed by atoms with Crippen molar-refractivity contribution in [1.29, 1.82) is 0 Å². The summed E-state index contributed by atoms with van der Waals surface area (Å²) in [6.45, 7) is 0. The Morgan fingerprint density at radius 3 is 0.610 bits per heavy atom. The Morgan fingerprint density at radius 1 is 0.366 bits per heavy atom. The van der Waals surface area contributed by atoms with E-state index in [1.165, 1.54) is 48.5 Å². The van der Waals surface area contributed by atoms with Gasteiger partial charge in [-0.15, -0.1) is 0 Å². The van der Waals surface area contributed by atoms with E-state index in [1.807, 2.05) is 0 Å². The van der Waals surface area contributed by atoms with Gasteiger partial charge in [-0.25, -0.2) is 0 Å². The van der Waals surface area contributed by atoms with Crippen LogP contribution in [0.5, 0.6) is 0 Å². The number of carboxylic acids is 4. The SMILES string of the molecule is Nc1ccccc1C(=O)[O-].Nc1ccccc1C(=O)[O-].Nc1ccccc1C(=O)[O-].Nc1ccccc1C(=O)[O-].[C+4]. The van der Waals surface area contributed by atoms with Gasteiger partial charge in [0.25, 0.3) is 0 Å². The number of nitrogen functional groups attached to an aromatic ring is 4. The maximum absolute atomic E-state index is 10.2. The molecule has 12 nitrogen and oxygen atoms in total. The van der Waals surface area contributed by atoms with Crippen LogP contribution in [0.2, 0.25) is 0 Å². The standard InChI is InChI=1S/4C7H7NO2.C/c4*8-6-4-2-1-3-5(6)7(9)10;/h4*1-4H,8H2,(H,9,10);/q;;;;+4/p-4. The third kappa shape index (κ3) is 11.9. The van der Waals surface area contributed by atoms with Crippen molar-refractivity contribution in [3.05, 3.63) is 127 Å². The third-order valence-corrected chi connectivity index (χ3v) is 4.72. The van der Waals surface area contributed by atoms with Gasteiger partial charge in [-0.2, -0.15) is 0 Å². The fraction of sp³-hybridized carbons (Fsp3) is 0. The predicted molar refractivity (Wildman–Crippen MR) is 144 cm³/mol. The zero-order chi connectivity index (χ0) is 30.2. The summed E-state index contributed by atoms with van der Waals surface area (Å²) in [6, 6.07) is 24.8. The molecule has 4 aromatic rings. The van der Waals surface area contributed by atoms with Crippen LogP contribution in [-0.4, -0.2) is 23.9 Å². The summed E-state index contributed by atoms with van der Waals surface area (Å²) in [4.78, 5) is 40.9. The van der Waals surface area contributed by atoms with Gasteiger partial charge in [0.05, 0.1) is 23.9 Å². The molecule has 0 aliphatic rings. The second-order valence-electron chi connectivity index (χ2n) is 7.50. The molecule has 41 heavy (non-hydrogen) atoms. The van der Waals surface area contributed by atoms with Crippen molar-refractivity contribution in [3.8, 4) is 0 Å². The Balaban J connectivity index is 0.000000516. The van der Waals surface area contributed by atoms with E-state index in [2.05, 4.69) is 0 Å². The maximum atomic E-state index is 10.2. The average Bonchev–Trinajstić information content (AvgIpc) is 2.90. The minimum absolute atomic E-state index is 0. The molecule has 0 aliphatic carbocycles. The molecule has 4 aromatic carbocycles. The predicted octanol–water partition coefficient (Wildman–Crippen LogP) is -1.39. The molecule has 0 atom stereocenters. The number of hydrogen-bond donors (Lipinski definition) is 4. The van der Waals surface area contributed by atoms with Gasteiger partial charge in [-0.1, -0.05) is 72.8 Å². The van der Waals surface area contributed by atoms with E-state index in [4.69, 9.17) is 22.9 Å². The number of aromatic carboxylic acids is 4. The van der Waals surface area contributed by atoms with Crippen molar-refractivity contribution in [2.24, 2.45) is 0 Å². The van der Waals surface area contributed by atoms with Gasteiger partial charge >= 0.3 is 7.43 Å². The first-order chi connectivity index (χ1) is 18.9. The van der Waals surface area contributed by atoms with E-state index < -0.39 is 23.9 Å². The number of nitrogens with two attached hydrogens (primary N) is 4. The fourth-order valence-electron chi connectivity index (χ4n) is 2.73. The number of para-hydroxylation sites is 4. The first-order valence-corrected chi connectivity index (χ1v) is 11.1. The summed E-state index contributed by atoms with van der Waals surface area (Å²) in [6.07, 6.45) is 0. The largest absolute Gasteiger partial charge is 4.00 e. The summed E-state index contributed by atoms with van der Waals surface area (Å²) in [5, 5.41) is 40.9. The smallest absolute Gasteiger partial charge is 0.545 e. The van der Waals surface area contributed by atoms with Crippen LogP contribution in [0.3, 0.4) is 0 Å². The number of carboxylic acid groups (broad SMARTS) is 4. The zero-order valence-corrected chi connectivity index (χ0v) is 21.3. The Kier molecular flexibility index (Phi) is 14.9. The van der Waals surface area contributed by atoms with Crippen molar-refractivity contribution in [1.82, 2.24) is 0 Å². The Bertz CT molecular complexity index is 1250. The normalized spacial score (nSPS) is 8.98. The molecule has 0 aromatic heterocycles. The molecule has 0 saturated carbocycles. The molecule has 8 N–H and O–H groups in total. The number of benzene rings is 4. The number of carbonyl (C=O) groups excluding carboxylic acids is 4. The summed E-state index contributed by atoms with van der Waals surface area (Å²) in [5.41, 5.74) is 22.3. The van der Waals surface area contributed by atoms with Crippen LogP contribution in [0.25, 0.3) is 0 Å². The van der Waals surface area contributed by atoms with Gasteiger partial charge in [0.2, 0.25) is 0 Å². The maximum Gasteiger partial charge on any atom is 4.00 e. The van der Waals surface area contributed by atoms with Crippen molar-refractivity contribution >= 4 is 46.6 Å². The van der Waals surface area contributed by atoms with Crippen molar-refractivity contribution in [2.75, 3.05) is 22.9 Å². The molecule has 12 heteroatoms. The van der Waals surface area contributed by atoms with Crippen LogP contribution in [0.15, 0.2) is 97.1 Å². The summed E-state index contributed by atoms with van der Waals surface area (Å²) < 4.78 is 0. The summed E-state index contributed by atoms with van der Waals surface area (Å²) in [5.74, 6) is -4.95. The van der Waals surface area contributed by atoms with Gasteiger partial charge < -0.3 is 62.5 Å². The van der Waals surface area contributed by atoms with Gasteiger partial charge in [0, 0.05) is 45.0 Å². The van der Waals surface area contributed by atoms with Crippen LogP contribution >= 0.6 is 0 Å². The average molecular weight is 557 g/mol. The summed E-state index contributed by atoms with van der Waals surface area (Å²) in [7, 11) is 0. The van der Waals surface area contributed by atoms with Gasteiger partial charge in [0.15, 0.2) is 0 Å². The molecule has 0 amide bonds. The van der Waals surface area contributed by atoms with Crippen molar-refractivity contribution in [2.45, 2.75) is 0 Å². The van der Waals surface area contributed by atoms with Crippen LogP contribution in [0.4, 0.5) is 22.7 Å². The molecule has 0 saturated heterocycles. The molecule has 0 aliphatic heterocycles. The Labute approximate surface area is 236 Å². The first-order valence-electron chi connectivity index (χ1n) is 11.1. The molecule has 0 fully saturated rings. The van der Waals surface area contributed by atoms with Crippen LogP contribution < -0.4 is 43.4 Å². The number of carbonyl (C=O) groups is 4. The van der Waals surface area contributed by atoms with Crippen molar-refractivity contribution < 1.29 is 39.6 Å². The molecule has 0 unspecified atom stereocenters. The van der Waals surface area contributed by atoms with Crippen LogP contribution in [0.1, 0.15) is 41.4 Å². The Hall–Kier alpha value is -6.04. The second kappa shape index (κ2) is 17.5. The second-order valence-corrected chi connectivity index (χ2v) is 7.50. The monoisotopic (exact) mass is 556 g/mol. The van der Waals surface area contributed by atoms with E-state index in [9.17, 15) is 39.6 Å². The molecule has 0 spiro atoms. The molecular formula is C29H24N4O8. The number of anilines is 4. The van der Waals surface area contributed by atoms with E-state index in [0.29, 0.717) is 0 Å². The van der Waals surface area contributed by atoms with E-state index >= 15 is 0 Å². The topological polar surface area (TPSA) is 265 Å². The third-order valence-electron chi connectivity index (χ3n) is 4.72. The van der Waals surface area contributed by atoms with E-state index in [-0.39, 0.29) is 52.4 Å². The number of rotatable bonds is 4. The van der Waals surface area contributed by atoms with Crippen LogP contribution in [-0.2, 0) is 0 Å². The quantitative estimate of drug-likeness (QED) is 0.212. The van der Waals surface area contributed by atoms with Gasteiger partial charge in [0.1, 0.15) is 0 Å². The molecule has 0 heterocycles. The zero-order valence-electron chi connectivity index (χ0n) is 21.3. The number of hydrogen-bond acceptors (Lipinski definition) is 12. The fourth-order valence-corrected chi connectivity index (χ4v) is 2.73. The van der Waals surface area contributed by atoms with E-state index in [1.54, 1.807) is 48.5 Å². The van der Waals surface area contributed by atoms with Crippen LogP contribution in [0, 0.1) is 7.43 Å². The van der Waals surface area contributed by atoms with Gasteiger partial charge in [-0.05, 0) is 24.3 Å². The summed E-state index contributed by atoms with van der Waals surface area (Å²) >= 11 is 0. The molecule has 4 rings (SSSR count). The van der Waals surface area contributed by atoms with E-state index in [0.717, 1.165) is 0 Å². The minimum Gasteiger partial charge on any atom is -0.545 e. The molecule has 208 valence electrons. The van der Waals surface area contributed by atoms with Crippen molar-refractivity contribution in [3.63, 3.8) is 0 Å². The van der Waals surface area contributed by atoms with Gasteiger partial charge in [-0.3, -0.25) is 0 Å². The minimum atomic E-state index is -1.24. The molecular weight excluding hydrogens is 532 g/mol. The molecule has 0 radical (unpaired) electrons.